The highest BCUT2D eigenvalue weighted by Crippen LogP contribution is 2.35. The van der Waals surface area contributed by atoms with Crippen LogP contribution in [0.5, 0.6) is 0 Å². The molecule has 0 aromatic carbocycles. The monoisotopic (exact) mass is 354 g/mol. The van der Waals surface area contributed by atoms with Gasteiger partial charge in [0.1, 0.15) is 0 Å². The lowest BCUT2D eigenvalue weighted by Gasteiger charge is -2.39. The Labute approximate surface area is 149 Å². The molecule has 1 saturated carbocycles. The summed E-state index contributed by atoms with van der Waals surface area (Å²) in [4.78, 5) is 38.0. The zero-order valence-electron chi connectivity index (χ0n) is 15.5. The van der Waals surface area contributed by atoms with Crippen molar-refractivity contribution < 1.29 is 23.9 Å². The van der Waals surface area contributed by atoms with Crippen molar-refractivity contribution in [3.63, 3.8) is 0 Å². The molecule has 25 heavy (non-hydrogen) atoms. The Balaban J connectivity index is 1.81. The zero-order valence-corrected chi connectivity index (χ0v) is 15.5. The smallest absolute Gasteiger partial charge is 0.311 e. The summed E-state index contributed by atoms with van der Waals surface area (Å²) in [5.41, 5.74) is 0. The zero-order chi connectivity index (χ0) is 18.4. The first-order valence-electron chi connectivity index (χ1n) is 9.15. The van der Waals surface area contributed by atoms with Crippen molar-refractivity contribution in [2.45, 2.75) is 45.6 Å². The maximum Gasteiger partial charge on any atom is 0.311 e. The minimum absolute atomic E-state index is 0.0254. The average Bonchev–Trinajstić information content (AvgIpc) is 2.97. The van der Waals surface area contributed by atoms with Crippen LogP contribution in [-0.2, 0) is 23.9 Å². The van der Waals surface area contributed by atoms with Crippen molar-refractivity contribution in [3.05, 3.63) is 0 Å². The first kappa shape index (κ1) is 19.7. The van der Waals surface area contributed by atoms with Crippen LogP contribution < -0.4 is 5.32 Å². The van der Waals surface area contributed by atoms with Crippen LogP contribution in [0.15, 0.2) is 0 Å². The summed E-state index contributed by atoms with van der Waals surface area (Å²) in [5, 5.41) is 2.59. The molecule has 4 atom stereocenters. The van der Waals surface area contributed by atoms with Gasteiger partial charge in [-0.25, -0.2) is 0 Å². The fourth-order valence-electron chi connectivity index (χ4n) is 3.80. The number of carbonyl (C=O) groups is 3. The Kier molecular flexibility index (Phi) is 7.23. The molecule has 2 aliphatic rings. The van der Waals surface area contributed by atoms with Gasteiger partial charge in [0.2, 0.25) is 5.91 Å². The quantitative estimate of drug-likeness (QED) is 0.544. The van der Waals surface area contributed by atoms with E-state index in [0.29, 0.717) is 31.5 Å². The van der Waals surface area contributed by atoms with Crippen LogP contribution in [0, 0.1) is 17.8 Å². The van der Waals surface area contributed by atoms with Crippen molar-refractivity contribution in [2.75, 3.05) is 33.4 Å². The molecule has 7 nitrogen and oxygen atoms in total. The maximum absolute atomic E-state index is 12.4. The summed E-state index contributed by atoms with van der Waals surface area (Å²) < 4.78 is 9.91. The number of ether oxygens (including phenoxy) is 2. The van der Waals surface area contributed by atoms with E-state index in [1.165, 1.54) is 6.42 Å². The van der Waals surface area contributed by atoms with Gasteiger partial charge in [-0.05, 0) is 18.3 Å². The minimum Gasteiger partial charge on any atom is -0.455 e. The molecular weight excluding hydrogens is 324 g/mol. The largest absolute Gasteiger partial charge is 0.455 e. The van der Waals surface area contributed by atoms with E-state index in [1.54, 1.807) is 7.11 Å². The summed E-state index contributed by atoms with van der Waals surface area (Å²) in [6, 6.07) is 0.214. The molecule has 0 unspecified atom stereocenters. The molecule has 1 heterocycles. The van der Waals surface area contributed by atoms with Gasteiger partial charge in [0.05, 0.1) is 12.5 Å². The molecule has 1 saturated heterocycles. The Morgan fingerprint density at radius 1 is 1.28 bits per heavy atom. The SMILES string of the molecule is COCCNC(=O)COC(=O)[C@@H]1CC(=O)N([C@H]2CCC[C@@H](C)[C@H]2C)C1. The van der Waals surface area contributed by atoms with Gasteiger partial charge in [-0.1, -0.05) is 26.7 Å². The van der Waals surface area contributed by atoms with Crippen molar-refractivity contribution in [2.24, 2.45) is 17.8 Å². The van der Waals surface area contributed by atoms with Crippen LogP contribution in [-0.4, -0.2) is 62.1 Å². The van der Waals surface area contributed by atoms with Gasteiger partial charge in [0.25, 0.3) is 5.91 Å². The number of esters is 1. The molecule has 0 radical (unpaired) electrons. The van der Waals surface area contributed by atoms with Crippen LogP contribution in [0.25, 0.3) is 0 Å². The van der Waals surface area contributed by atoms with Crippen LogP contribution in [0.2, 0.25) is 0 Å². The van der Waals surface area contributed by atoms with Gasteiger partial charge in [0.15, 0.2) is 6.61 Å². The third-order valence-electron chi connectivity index (χ3n) is 5.53. The summed E-state index contributed by atoms with van der Waals surface area (Å²) >= 11 is 0. The van der Waals surface area contributed by atoms with Crippen LogP contribution in [0.1, 0.15) is 39.5 Å². The standard InChI is InChI=1S/C18H30N2O5/c1-12-5-4-6-15(13(12)2)20-10-14(9-17(20)22)18(23)25-11-16(21)19-7-8-24-3/h12-15H,4-11H2,1-3H3,(H,19,21)/t12-,13-,14-,15+/m1/s1. The predicted molar refractivity (Wildman–Crippen MR) is 91.6 cm³/mol. The highest BCUT2D eigenvalue weighted by atomic mass is 16.5. The summed E-state index contributed by atoms with van der Waals surface area (Å²) in [6.07, 6.45) is 3.50. The van der Waals surface area contributed by atoms with Gasteiger partial charge in [0, 0.05) is 32.7 Å². The van der Waals surface area contributed by atoms with E-state index in [9.17, 15) is 14.4 Å². The molecular formula is C18H30N2O5. The van der Waals surface area contributed by atoms with Crippen molar-refractivity contribution in [1.82, 2.24) is 10.2 Å². The number of hydrogen-bond acceptors (Lipinski definition) is 5. The number of likely N-dealkylation sites (tertiary alicyclic amines) is 1. The topological polar surface area (TPSA) is 84.9 Å². The minimum atomic E-state index is -0.469. The molecule has 2 amide bonds. The van der Waals surface area contributed by atoms with E-state index in [0.717, 1.165) is 12.8 Å². The number of nitrogens with zero attached hydrogens (tertiary/aromatic N) is 1. The molecule has 142 valence electrons. The maximum atomic E-state index is 12.4. The molecule has 2 rings (SSSR count). The molecule has 0 aromatic heterocycles. The van der Waals surface area contributed by atoms with Crippen LogP contribution in [0.3, 0.4) is 0 Å². The van der Waals surface area contributed by atoms with E-state index < -0.39 is 11.9 Å². The molecule has 1 aliphatic carbocycles. The molecule has 0 spiro atoms. The number of methoxy groups -OCH3 is 1. The molecule has 7 heteroatoms. The summed E-state index contributed by atoms with van der Waals surface area (Å²) in [7, 11) is 1.54. The van der Waals surface area contributed by atoms with E-state index >= 15 is 0 Å². The second kappa shape index (κ2) is 9.17. The molecule has 0 aromatic rings. The molecule has 1 aliphatic heterocycles. The molecule has 0 bridgehead atoms. The Morgan fingerprint density at radius 3 is 2.76 bits per heavy atom. The number of rotatable bonds is 7. The second-order valence-electron chi connectivity index (χ2n) is 7.23. The fraction of sp³-hybridized carbons (Fsp3) is 0.833. The van der Waals surface area contributed by atoms with Gasteiger partial charge in [-0.15, -0.1) is 0 Å². The highest BCUT2D eigenvalue weighted by molar-refractivity contribution is 5.88. The predicted octanol–water partition coefficient (Wildman–Crippen LogP) is 0.965. The van der Waals surface area contributed by atoms with Gasteiger partial charge in [-0.3, -0.25) is 14.4 Å². The Bertz CT molecular complexity index is 496. The van der Waals surface area contributed by atoms with Gasteiger partial charge < -0.3 is 19.7 Å². The van der Waals surface area contributed by atoms with Crippen molar-refractivity contribution in [1.29, 1.82) is 0 Å². The number of nitrogens with one attached hydrogen (secondary N) is 1. The Hall–Kier alpha value is -1.63. The lowest BCUT2D eigenvalue weighted by molar-refractivity contribution is -0.152. The van der Waals surface area contributed by atoms with E-state index in [4.69, 9.17) is 9.47 Å². The van der Waals surface area contributed by atoms with Crippen LogP contribution >= 0.6 is 0 Å². The van der Waals surface area contributed by atoms with E-state index in [2.05, 4.69) is 19.2 Å². The lowest BCUT2D eigenvalue weighted by atomic mass is 9.77. The molecule has 1 N–H and O–H groups in total. The fourth-order valence-corrected chi connectivity index (χ4v) is 3.80. The lowest BCUT2D eigenvalue weighted by Crippen LogP contribution is -2.45. The Morgan fingerprint density at radius 2 is 2.04 bits per heavy atom. The van der Waals surface area contributed by atoms with Crippen molar-refractivity contribution >= 4 is 17.8 Å². The van der Waals surface area contributed by atoms with Gasteiger partial charge in [-0.2, -0.15) is 0 Å². The average molecular weight is 354 g/mol. The van der Waals surface area contributed by atoms with Gasteiger partial charge >= 0.3 is 5.97 Å². The van der Waals surface area contributed by atoms with Crippen LogP contribution in [0.4, 0.5) is 0 Å². The highest BCUT2D eigenvalue weighted by Gasteiger charge is 2.42. The first-order valence-corrected chi connectivity index (χ1v) is 9.15. The second-order valence-corrected chi connectivity index (χ2v) is 7.23. The van der Waals surface area contributed by atoms with E-state index in [1.807, 2.05) is 4.90 Å². The van der Waals surface area contributed by atoms with E-state index in [-0.39, 0.29) is 30.9 Å². The van der Waals surface area contributed by atoms with Crippen molar-refractivity contribution in [3.8, 4) is 0 Å². The number of amides is 2. The molecule has 2 fully saturated rings. The third-order valence-corrected chi connectivity index (χ3v) is 5.53. The first-order chi connectivity index (χ1) is 11.9. The number of carbonyl (C=O) groups excluding carboxylic acids is 3. The summed E-state index contributed by atoms with van der Waals surface area (Å²) in [6.45, 7) is 5.29. The third kappa shape index (κ3) is 5.17. The number of hydrogen-bond donors (Lipinski definition) is 1. The summed E-state index contributed by atoms with van der Waals surface area (Å²) in [5.74, 6) is -0.232. The normalized spacial score (nSPS) is 29.6.